The molecule has 0 saturated carbocycles. The van der Waals surface area contributed by atoms with Crippen LogP contribution in [0.25, 0.3) is 0 Å². The highest BCUT2D eigenvalue weighted by Gasteiger charge is 2.19. The summed E-state index contributed by atoms with van der Waals surface area (Å²) in [4.78, 5) is 19.3. The molecular formula is C13H25Cl2N3OS. The van der Waals surface area contributed by atoms with Crippen LogP contribution in [0.3, 0.4) is 0 Å². The second-order valence-electron chi connectivity index (χ2n) is 5.00. The van der Waals surface area contributed by atoms with Crippen molar-refractivity contribution in [2.75, 3.05) is 7.05 Å². The topological polar surface area (TPSA) is 59.2 Å². The van der Waals surface area contributed by atoms with Gasteiger partial charge in [-0.3, -0.25) is 4.79 Å². The lowest BCUT2D eigenvalue weighted by Crippen LogP contribution is -2.42. The third-order valence-corrected chi connectivity index (χ3v) is 3.87. The molecule has 7 heteroatoms. The highest BCUT2D eigenvalue weighted by Crippen LogP contribution is 2.15. The Morgan fingerprint density at radius 1 is 1.45 bits per heavy atom. The first kappa shape index (κ1) is 21.9. The van der Waals surface area contributed by atoms with Crippen LogP contribution in [0.4, 0.5) is 0 Å². The van der Waals surface area contributed by atoms with E-state index in [1.807, 2.05) is 6.20 Å². The maximum absolute atomic E-state index is 12.0. The molecule has 1 rings (SSSR count). The summed E-state index contributed by atoms with van der Waals surface area (Å²) in [6.07, 6.45) is 3.59. The Hall–Kier alpha value is -0.360. The summed E-state index contributed by atoms with van der Waals surface area (Å²) in [5.74, 6) is 0.431. The minimum Gasteiger partial charge on any atom is -0.338 e. The first-order valence-corrected chi connectivity index (χ1v) is 7.19. The summed E-state index contributed by atoms with van der Waals surface area (Å²) in [6.45, 7) is 6.79. The molecule has 0 aliphatic carbocycles. The molecule has 118 valence electrons. The van der Waals surface area contributed by atoms with Crippen LogP contribution in [0.2, 0.25) is 0 Å². The van der Waals surface area contributed by atoms with E-state index < -0.39 is 6.04 Å². The number of nitrogens with two attached hydrogens (primary N) is 1. The second-order valence-corrected chi connectivity index (χ2v) is 6.20. The number of aryl methyl sites for hydroxylation is 1. The Morgan fingerprint density at radius 2 is 2.05 bits per heavy atom. The summed E-state index contributed by atoms with van der Waals surface area (Å²) >= 11 is 1.66. The van der Waals surface area contributed by atoms with Crippen LogP contribution in [-0.4, -0.2) is 28.9 Å². The Kier molecular flexibility index (Phi) is 11.4. The zero-order valence-electron chi connectivity index (χ0n) is 12.5. The van der Waals surface area contributed by atoms with Crippen molar-refractivity contribution in [2.45, 2.75) is 46.2 Å². The fourth-order valence-electron chi connectivity index (χ4n) is 1.76. The SMILES string of the molecule is CCc1cnc(CN(C)C(=O)[C@@H](N)CC(C)C)s1.Cl.Cl. The third kappa shape index (κ3) is 6.88. The summed E-state index contributed by atoms with van der Waals surface area (Å²) in [6, 6.07) is -0.402. The van der Waals surface area contributed by atoms with E-state index in [1.54, 1.807) is 23.3 Å². The summed E-state index contributed by atoms with van der Waals surface area (Å²) < 4.78 is 0. The normalized spacial score (nSPS) is 11.5. The summed E-state index contributed by atoms with van der Waals surface area (Å²) in [5, 5.41) is 0.972. The van der Waals surface area contributed by atoms with Gasteiger partial charge in [0.25, 0.3) is 0 Å². The van der Waals surface area contributed by atoms with Crippen molar-refractivity contribution >= 4 is 42.1 Å². The molecule has 0 aromatic carbocycles. The zero-order valence-corrected chi connectivity index (χ0v) is 14.9. The average Bonchev–Trinajstić information content (AvgIpc) is 2.74. The maximum atomic E-state index is 12.0. The number of thiazole rings is 1. The number of rotatable bonds is 6. The van der Waals surface area contributed by atoms with Gasteiger partial charge in [0.05, 0.1) is 12.6 Å². The summed E-state index contributed by atoms with van der Waals surface area (Å²) in [7, 11) is 1.79. The molecule has 4 nitrogen and oxygen atoms in total. The predicted molar refractivity (Wildman–Crippen MR) is 89.9 cm³/mol. The lowest BCUT2D eigenvalue weighted by Gasteiger charge is -2.21. The molecular weight excluding hydrogens is 317 g/mol. The number of amides is 1. The van der Waals surface area contributed by atoms with Crippen molar-refractivity contribution in [3.8, 4) is 0 Å². The van der Waals surface area contributed by atoms with E-state index >= 15 is 0 Å². The Bertz CT molecular complexity index is 399. The lowest BCUT2D eigenvalue weighted by atomic mass is 10.0. The molecule has 0 unspecified atom stereocenters. The highest BCUT2D eigenvalue weighted by molar-refractivity contribution is 7.11. The van der Waals surface area contributed by atoms with Crippen LogP contribution < -0.4 is 5.73 Å². The molecule has 20 heavy (non-hydrogen) atoms. The van der Waals surface area contributed by atoms with E-state index in [-0.39, 0.29) is 30.7 Å². The molecule has 1 heterocycles. The van der Waals surface area contributed by atoms with Gasteiger partial charge >= 0.3 is 0 Å². The monoisotopic (exact) mass is 341 g/mol. The van der Waals surface area contributed by atoms with Crippen molar-refractivity contribution in [2.24, 2.45) is 11.7 Å². The van der Waals surface area contributed by atoms with E-state index in [9.17, 15) is 4.79 Å². The summed E-state index contributed by atoms with van der Waals surface area (Å²) in [5.41, 5.74) is 5.90. The van der Waals surface area contributed by atoms with Crippen molar-refractivity contribution in [1.82, 2.24) is 9.88 Å². The van der Waals surface area contributed by atoms with Crippen molar-refractivity contribution < 1.29 is 4.79 Å². The molecule has 0 radical (unpaired) electrons. The standard InChI is InChI=1S/C13H23N3OS.2ClH/c1-5-10-7-15-12(18-10)8-16(4)13(17)11(14)6-9(2)3;;/h7,9,11H,5-6,8,14H2,1-4H3;2*1H/t11-;;/m0../s1. The maximum Gasteiger partial charge on any atom is 0.239 e. The van der Waals surface area contributed by atoms with Gasteiger partial charge in [-0.25, -0.2) is 4.98 Å². The van der Waals surface area contributed by atoms with Crippen molar-refractivity contribution in [3.63, 3.8) is 0 Å². The number of halogens is 2. The van der Waals surface area contributed by atoms with E-state index in [4.69, 9.17) is 5.73 Å². The van der Waals surface area contributed by atoms with Gasteiger partial charge in [0.15, 0.2) is 0 Å². The van der Waals surface area contributed by atoms with E-state index in [0.29, 0.717) is 12.5 Å². The van der Waals surface area contributed by atoms with Gasteiger partial charge in [-0.05, 0) is 18.8 Å². The largest absolute Gasteiger partial charge is 0.338 e. The van der Waals surface area contributed by atoms with E-state index in [0.717, 1.165) is 17.8 Å². The van der Waals surface area contributed by atoms with Gasteiger partial charge in [0.2, 0.25) is 5.91 Å². The number of carbonyl (C=O) groups is 1. The minimum atomic E-state index is -0.402. The molecule has 2 N–H and O–H groups in total. The van der Waals surface area contributed by atoms with Crippen molar-refractivity contribution in [1.29, 1.82) is 0 Å². The number of carbonyl (C=O) groups excluding carboxylic acids is 1. The smallest absolute Gasteiger partial charge is 0.239 e. The van der Waals surface area contributed by atoms with Crippen LogP contribution in [0, 0.1) is 5.92 Å². The van der Waals surface area contributed by atoms with Crippen LogP contribution in [0.5, 0.6) is 0 Å². The van der Waals surface area contributed by atoms with Gasteiger partial charge in [0, 0.05) is 18.1 Å². The van der Waals surface area contributed by atoms with E-state index in [1.165, 1.54) is 4.88 Å². The van der Waals surface area contributed by atoms with Crippen LogP contribution >= 0.6 is 36.2 Å². The Labute approximate surface area is 138 Å². The molecule has 0 fully saturated rings. The molecule has 1 atom stereocenters. The fourth-order valence-corrected chi connectivity index (χ4v) is 2.67. The number of likely N-dealkylation sites (N-methyl/N-ethyl adjacent to an activating group) is 1. The van der Waals surface area contributed by atoms with Crippen molar-refractivity contribution in [3.05, 3.63) is 16.1 Å². The second kappa shape index (κ2) is 10.4. The molecule has 1 aromatic rings. The van der Waals surface area contributed by atoms with Gasteiger partial charge in [-0.1, -0.05) is 20.8 Å². The first-order valence-electron chi connectivity index (χ1n) is 6.38. The lowest BCUT2D eigenvalue weighted by molar-refractivity contribution is -0.132. The number of aromatic nitrogens is 1. The molecule has 0 saturated heterocycles. The Balaban J connectivity index is 0. The molecule has 1 aromatic heterocycles. The zero-order chi connectivity index (χ0) is 13.7. The van der Waals surface area contributed by atoms with Gasteiger partial charge in [-0.2, -0.15) is 0 Å². The predicted octanol–water partition coefficient (Wildman–Crippen LogP) is 2.88. The minimum absolute atomic E-state index is 0. The van der Waals surface area contributed by atoms with Gasteiger partial charge in [-0.15, -0.1) is 36.2 Å². The highest BCUT2D eigenvalue weighted by atomic mass is 35.5. The molecule has 0 spiro atoms. The first-order chi connectivity index (χ1) is 8.43. The number of hydrogen-bond acceptors (Lipinski definition) is 4. The third-order valence-electron chi connectivity index (χ3n) is 2.74. The fraction of sp³-hybridized carbons (Fsp3) is 0.692. The quantitative estimate of drug-likeness (QED) is 0.865. The molecule has 0 aliphatic rings. The molecule has 0 bridgehead atoms. The number of hydrogen-bond donors (Lipinski definition) is 1. The molecule has 0 aliphatic heterocycles. The van der Waals surface area contributed by atoms with Crippen LogP contribution in [0.15, 0.2) is 6.20 Å². The number of nitrogens with zero attached hydrogens (tertiary/aromatic N) is 2. The van der Waals surface area contributed by atoms with Crippen LogP contribution in [0.1, 0.15) is 37.1 Å². The average molecular weight is 342 g/mol. The molecule has 1 amide bonds. The van der Waals surface area contributed by atoms with E-state index in [2.05, 4.69) is 25.8 Å². The van der Waals surface area contributed by atoms with Gasteiger partial charge < -0.3 is 10.6 Å². The van der Waals surface area contributed by atoms with Gasteiger partial charge in [0.1, 0.15) is 5.01 Å². The van der Waals surface area contributed by atoms with Crippen LogP contribution in [-0.2, 0) is 17.8 Å². The Morgan fingerprint density at radius 3 is 2.50 bits per heavy atom.